The fraction of sp³-hybridized carbons (Fsp3) is 0.308. The molecule has 0 radical (unpaired) electrons. The molecule has 0 aliphatic carbocycles. The number of rotatable bonds is 5. The van der Waals surface area contributed by atoms with Crippen LogP contribution in [0.2, 0.25) is 10.0 Å². The molecule has 2 aromatic heterocycles. The highest BCUT2D eigenvalue weighted by Gasteiger charge is 2.24. The van der Waals surface area contributed by atoms with Crippen LogP contribution in [0.1, 0.15) is 17.0 Å². The van der Waals surface area contributed by atoms with Crippen molar-refractivity contribution in [3.05, 3.63) is 75.5 Å². The molecule has 1 fully saturated rings. The Morgan fingerprint density at radius 1 is 0.971 bits per heavy atom. The van der Waals surface area contributed by atoms with Crippen molar-refractivity contribution in [2.24, 2.45) is 0 Å². The number of aryl methyl sites for hydroxylation is 2. The molecule has 6 nitrogen and oxygen atoms in total. The second-order valence-electron chi connectivity index (χ2n) is 8.65. The van der Waals surface area contributed by atoms with Crippen LogP contribution in [0.25, 0.3) is 16.8 Å². The smallest absolute Gasteiger partial charge is 0.165 e. The fourth-order valence-corrected chi connectivity index (χ4v) is 5.10. The summed E-state index contributed by atoms with van der Waals surface area (Å²) in [5.74, 6) is 1.93. The summed E-state index contributed by atoms with van der Waals surface area (Å²) in [5, 5.41) is 6.31. The van der Waals surface area contributed by atoms with Crippen LogP contribution in [-0.4, -0.2) is 52.8 Å². The molecule has 1 saturated heterocycles. The van der Waals surface area contributed by atoms with E-state index in [0.717, 1.165) is 83.0 Å². The monoisotopic (exact) mass is 495 g/mol. The Labute approximate surface area is 209 Å². The van der Waals surface area contributed by atoms with E-state index in [0.29, 0.717) is 5.02 Å². The van der Waals surface area contributed by atoms with Crippen molar-refractivity contribution in [2.45, 2.75) is 20.4 Å². The maximum atomic E-state index is 6.53. The predicted molar refractivity (Wildman–Crippen MR) is 138 cm³/mol. The van der Waals surface area contributed by atoms with E-state index in [9.17, 15) is 0 Å². The molecule has 5 rings (SSSR count). The van der Waals surface area contributed by atoms with Gasteiger partial charge >= 0.3 is 0 Å². The van der Waals surface area contributed by atoms with Gasteiger partial charge in [-0.3, -0.25) is 4.90 Å². The molecule has 1 aliphatic rings. The first-order valence-electron chi connectivity index (χ1n) is 11.4. The van der Waals surface area contributed by atoms with Crippen molar-refractivity contribution >= 4 is 34.7 Å². The van der Waals surface area contributed by atoms with Crippen LogP contribution in [-0.2, 0) is 6.54 Å². The Hall–Kier alpha value is -2.80. The van der Waals surface area contributed by atoms with Crippen LogP contribution in [0.5, 0.6) is 5.75 Å². The Kier molecular flexibility index (Phi) is 6.38. The van der Waals surface area contributed by atoms with E-state index in [-0.39, 0.29) is 0 Å². The molecule has 34 heavy (non-hydrogen) atoms. The Morgan fingerprint density at radius 3 is 2.47 bits per heavy atom. The number of methoxy groups -OCH3 is 1. The Morgan fingerprint density at radius 2 is 1.74 bits per heavy atom. The van der Waals surface area contributed by atoms with E-state index < -0.39 is 0 Å². The summed E-state index contributed by atoms with van der Waals surface area (Å²) in [7, 11) is 1.70. The molecule has 0 spiro atoms. The topological polar surface area (TPSA) is 45.9 Å². The maximum Gasteiger partial charge on any atom is 0.165 e. The number of ether oxygens (including phenoxy) is 1. The minimum absolute atomic E-state index is 0.704. The van der Waals surface area contributed by atoms with Gasteiger partial charge in [0.25, 0.3) is 0 Å². The average Bonchev–Trinajstić information content (AvgIpc) is 3.15. The molecular weight excluding hydrogens is 469 g/mol. The summed E-state index contributed by atoms with van der Waals surface area (Å²) in [6.07, 6.45) is 0. The van der Waals surface area contributed by atoms with Gasteiger partial charge in [-0.2, -0.15) is 9.61 Å². The molecule has 176 valence electrons. The molecule has 8 heteroatoms. The average molecular weight is 496 g/mol. The highest BCUT2D eigenvalue weighted by atomic mass is 35.5. The largest absolute Gasteiger partial charge is 0.496 e. The molecule has 0 N–H and O–H groups in total. The minimum atomic E-state index is 0.704. The van der Waals surface area contributed by atoms with Gasteiger partial charge in [-0.05, 0) is 38.1 Å². The van der Waals surface area contributed by atoms with Gasteiger partial charge in [0.05, 0.1) is 18.4 Å². The van der Waals surface area contributed by atoms with Crippen LogP contribution < -0.4 is 9.64 Å². The highest BCUT2D eigenvalue weighted by molar-refractivity contribution is 6.33. The van der Waals surface area contributed by atoms with E-state index in [1.165, 1.54) is 0 Å². The lowest BCUT2D eigenvalue weighted by Crippen LogP contribution is -2.46. The predicted octanol–water partition coefficient (Wildman–Crippen LogP) is 5.65. The van der Waals surface area contributed by atoms with Crippen molar-refractivity contribution in [3.63, 3.8) is 0 Å². The van der Waals surface area contributed by atoms with Crippen molar-refractivity contribution in [2.75, 3.05) is 38.2 Å². The third-order valence-electron chi connectivity index (χ3n) is 6.35. The van der Waals surface area contributed by atoms with Gasteiger partial charge in [0, 0.05) is 65.7 Å². The number of aromatic nitrogens is 3. The Bertz CT molecular complexity index is 1340. The molecule has 0 bridgehead atoms. The van der Waals surface area contributed by atoms with E-state index in [1.807, 2.05) is 60.8 Å². The second-order valence-corrected chi connectivity index (χ2v) is 9.49. The second kappa shape index (κ2) is 9.45. The van der Waals surface area contributed by atoms with Crippen molar-refractivity contribution in [3.8, 4) is 16.9 Å². The number of fused-ring (bicyclic) bond motifs is 1. The van der Waals surface area contributed by atoms with Gasteiger partial charge in [-0.25, -0.2) is 4.98 Å². The maximum absolute atomic E-state index is 6.53. The summed E-state index contributed by atoms with van der Waals surface area (Å²) in [6.45, 7) is 8.49. The number of hydrogen-bond donors (Lipinski definition) is 0. The van der Waals surface area contributed by atoms with Gasteiger partial charge < -0.3 is 9.64 Å². The zero-order chi connectivity index (χ0) is 23.8. The summed E-state index contributed by atoms with van der Waals surface area (Å²) < 4.78 is 7.50. The first-order chi connectivity index (χ1) is 16.4. The molecule has 0 unspecified atom stereocenters. The SMILES string of the molecule is COc1ccc(Cl)cc1CN1CCN(c2cc(C)nc3c(-c4ccccc4Cl)c(C)nn23)CC1. The normalized spacial score (nSPS) is 14.7. The standard InChI is InChI=1S/C26H27Cl2N5O/c1-17-14-24(33-26(29-17)25(18(2)30-33)21-6-4-5-7-22(21)28)32-12-10-31(11-13-32)16-19-15-20(27)8-9-23(19)34-3/h4-9,14-15H,10-13,16H2,1-3H3. The van der Waals surface area contributed by atoms with Crippen molar-refractivity contribution < 1.29 is 4.74 Å². The molecule has 2 aromatic carbocycles. The molecule has 0 amide bonds. The summed E-state index contributed by atoms with van der Waals surface area (Å²) in [6, 6.07) is 15.8. The van der Waals surface area contributed by atoms with Crippen LogP contribution in [0, 0.1) is 13.8 Å². The first kappa shape index (κ1) is 23.0. The van der Waals surface area contributed by atoms with Gasteiger partial charge in [-0.1, -0.05) is 41.4 Å². The fourth-order valence-electron chi connectivity index (χ4n) is 4.68. The highest BCUT2D eigenvalue weighted by Crippen LogP contribution is 2.34. The van der Waals surface area contributed by atoms with Crippen molar-refractivity contribution in [1.29, 1.82) is 0 Å². The zero-order valence-corrected chi connectivity index (χ0v) is 21.1. The lowest BCUT2D eigenvalue weighted by molar-refractivity contribution is 0.245. The summed E-state index contributed by atoms with van der Waals surface area (Å²) in [4.78, 5) is 9.66. The van der Waals surface area contributed by atoms with E-state index in [2.05, 4.69) is 15.9 Å². The molecule has 3 heterocycles. The summed E-state index contributed by atoms with van der Waals surface area (Å²) >= 11 is 12.8. The van der Waals surface area contributed by atoms with Crippen LogP contribution >= 0.6 is 23.2 Å². The number of benzene rings is 2. The van der Waals surface area contributed by atoms with E-state index >= 15 is 0 Å². The lowest BCUT2D eigenvalue weighted by Gasteiger charge is -2.36. The first-order valence-corrected chi connectivity index (χ1v) is 12.1. The van der Waals surface area contributed by atoms with E-state index in [4.69, 9.17) is 38.0 Å². The van der Waals surface area contributed by atoms with Gasteiger partial charge in [0.1, 0.15) is 11.6 Å². The third kappa shape index (κ3) is 4.33. The van der Waals surface area contributed by atoms with Gasteiger partial charge in [0.2, 0.25) is 0 Å². The van der Waals surface area contributed by atoms with Crippen LogP contribution in [0.3, 0.4) is 0 Å². The minimum Gasteiger partial charge on any atom is -0.496 e. The van der Waals surface area contributed by atoms with Crippen LogP contribution in [0.4, 0.5) is 5.82 Å². The number of halogens is 2. The van der Waals surface area contributed by atoms with Crippen molar-refractivity contribution in [1.82, 2.24) is 19.5 Å². The molecular formula is C26H27Cl2N5O. The van der Waals surface area contributed by atoms with Gasteiger partial charge in [-0.15, -0.1) is 0 Å². The van der Waals surface area contributed by atoms with Crippen LogP contribution in [0.15, 0.2) is 48.5 Å². The third-order valence-corrected chi connectivity index (χ3v) is 6.91. The van der Waals surface area contributed by atoms with Gasteiger partial charge in [0.15, 0.2) is 5.65 Å². The van der Waals surface area contributed by atoms with E-state index in [1.54, 1.807) is 7.11 Å². The lowest BCUT2D eigenvalue weighted by atomic mass is 10.1. The number of nitrogens with zero attached hydrogens (tertiary/aromatic N) is 5. The Balaban J connectivity index is 1.41. The quantitative estimate of drug-likeness (QED) is 0.357. The molecule has 1 aliphatic heterocycles. The molecule has 0 saturated carbocycles. The molecule has 4 aromatic rings. The summed E-state index contributed by atoms with van der Waals surface area (Å²) in [5.41, 5.74) is 5.77. The number of hydrogen-bond acceptors (Lipinski definition) is 5. The number of anilines is 1. The number of piperazine rings is 1. The molecule has 0 atom stereocenters. The zero-order valence-electron chi connectivity index (χ0n) is 19.6.